The largest absolute Gasteiger partial charge is 0.508 e. The number of nitrogens with zero attached hydrogens (tertiary/aromatic N) is 2. The van der Waals surface area contributed by atoms with Crippen molar-refractivity contribution in [2.75, 3.05) is 5.88 Å². The Hall–Kier alpha value is -4.35. The van der Waals surface area contributed by atoms with E-state index < -0.39 is 34.7 Å². The van der Waals surface area contributed by atoms with Crippen LogP contribution in [0.4, 0.5) is 0 Å². The summed E-state index contributed by atoms with van der Waals surface area (Å²) < 4.78 is -0.635. The fourth-order valence-corrected chi connectivity index (χ4v) is 6.48. The summed E-state index contributed by atoms with van der Waals surface area (Å²) in [5.74, 6) is -0.799. The number of aliphatic hydroxyl groups is 1. The molecule has 3 aromatic carbocycles. The third-order valence-corrected chi connectivity index (χ3v) is 9.12. The van der Waals surface area contributed by atoms with Crippen LogP contribution in [0.5, 0.6) is 5.75 Å². The van der Waals surface area contributed by atoms with E-state index in [9.17, 15) is 24.6 Å². The van der Waals surface area contributed by atoms with Crippen LogP contribution in [-0.4, -0.2) is 71.6 Å². The topological polar surface area (TPSA) is 148 Å². The Morgan fingerprint density at radius 3 is 2.53 bits per heavy atom. The molecule has 3 amide bonds. The minimum Gasteiger partial charge on any atom is -0.508 e. The number of H-pyrrole nitrogens is 1. The molecule has 0 saturated carbocycles. The number of carbonyl (C=O) groups is 3. The number of phenolic OH excluding ortho intramolecular Hbond substituents is 1. The second-order valence-electron chi connectivity index (χ2n) is 11.2. The Morgan fingerprint density at radius 1 is 1.07 bits per heavy atom. The first-order valence-electron chi connectivity index (χ1n) is 14.0. The molecule has 1 aliphatic heterocycles. The quantitative estimate of drug-likeness (QED) is 0.198. The predicted octanol–water partition coefficient (Wildman–Crippen LogP) is 3.28. The van der Waals surface area contributed by atoms with Gasteiger partial charge in [0.25, 0.3) is 11.8 Å². The summed E-state index contributed by atoms with van der Waals surface area (Å²) in [7, 11) is 0. The monoisotopic (exact) mass is 601 g/mol. The van der Waals surface area contributed by atoms with Crippen molar-refractivity contribution in [3.8, 4) is 5.75 Å². The predicted molar refractivity (Wildman–Crippen MR) is 165 cm³/mol. The van der Waals surface area contributed by atoms with Crippen LogP contribution in [0.1, 0.15) is 41.2 Å². The highest BCUT2D eigenvalue weighted by Crippen LogP contribution is 2.40. The van der Waals surface area contributed by atoms with Crippen molar-refractivity contribution in [2.24, 2.45) is 0 Å². The first-order valence-corrected chi connectivity index (χ1v) is 15.0. The number of fused-ring (bicyclic) bond motifs is 1. The summed E-state index contributed by atoms with van der Waals surface area (Å²) in [6.07, 6.45) is -1.47. The lowest BCUT2D eigenvalue weighted by atomic mass is 9.96. The maximum absolute atomic E-state index is 13.9. The number of phenols is 1. The molecule has 5 N–H and O–H groups in total. The molecule has 11 heteroatoms. The Labute approximate surface area is 253 Å². The number of rotatable bonds is 9. The third-order valence-electron chi connectivity index (χ3n) is 7.74. The molecule has 0 spiro atoms. The minimum absolute atomic E-state index is 0.0308. The standard InChI is InChI=1S/C32H35N5O5S/c1-19-21(12-9-15-25(19)38)29(40)36-24(16-20-10-5-4-6-11-20)27(39)31(42)37-18-43-32(2,3)28(37)30(41)33-17-26-34-22-13-7-8-14-23(22)35-26/h4-15,24,27-28,38-39H,16-18H2,1-3H3,(H,33,41)(H,34,35)(H,36,40). The summed E-state index contributed by atoms with van der Waals surface area (Å²) in [4.78, 5) is 49.8. The normalized spacial score (nSPS) is 17.4. The van der Waals surface area contributed by atoms with Crippen LogP contribution in [-0.2, 0) is 22.6 Å². The van der Waals surface area contributed by atoms with Gasteiger partial charge in [-0.15, -0.1) is 11.8 Å². The summed E-state index contributed by atoms with van der Waals surface area (Å²) in [5.41, 5.74) is 3.08. The van der Waals surface area contributed by atoms with Gasteiger partial charge >= 0.3 is 0 Å². The second-order valence-corrected chi connectivity index (χ2v) is 12.8. The molecule has 2 heterocycles. The molecule has 0 bridgehead atoms. The molecule has 3 atom stereocenters. The van der Waals surface area contributed by atoms with Gasteiger partial charge in [-0.3, -0.25) is 14.4 Å². The van der Waals surface area contributed by atoms with Crippen LogP contribution in [0.3, 0.4) is 0 Å². The molecule has 224 valence electrons. The molecule has 1 aromatic heterocycles. The SMILES string of the molecule is Cc1c(O)cccc1C(=O)NC(Cc1ccccc1)C(O)C(=O)N1CSC(C)(C)C1C(=O)NCc1nc2ccccc2[nH]1. The molecule has 10 nitrogen and oxygen atoms in total. The smallest absolute Gasteiger partial charge is 0.254 e. The first kappa shape index (κ1) is 30.1. The molecule has 0 radical (unpaired) electrons. The van der Waals surface area contributed by atoms with Gasteiger partial charge in [0.1, 0.15) is 17.6 Å². The summed E-state index contributed by atoms with van der Waals surface area (Å²) in [6.45, 7) is 5.54. The average Bonchev–Trinajstić information content (AvgIpc) is 3.56. The van der Waals surface area contributed by atoms with E-state index in [4.69, 9.17) is 0 Å². The number of aromatic nitrogens is 2. The Bertz CT molecular complexity index is 1610. The van der Waals surface area contributed by atoms with E-state index in [-0.39, 0.29) is 36.1 Å². The molecule has 1 aliphatic rings. The number of benzene rings is 3. The molecular weight excluding hydrogens is 566 g/mol. The van der Waals surface area contributed by atoms with Gasteiger partial charge in [0.2, 0.25) is 5.91 Å². The zero-order valence-electron chi connectivity index (χ0n) is 24.2. The lowest BCUT2D eigenvalue weighted by Crippen LogP contribution is -2.58. The number of carbonyl (C=O) groups excluding carboxylic acids is 3. The lowest BCUT2D eigenvalue weighted by molar-refractivity contribution is -0.147. The lowest BCUT2D eigenvalue weighted by Gasteiger charge is -2.33. The second kappa shape index (κ2) is 12.5. The van der Waals surface area contributed by atoms with E-state index in [0.29, 0.717) is 11.4 Å². The van der Waals surface area contributed by atoms with Crippen LogP contribution in [0.2, 0.25) is 0 Å². The van der Waals surface area contributed by atoms with Gasteiger partial charge in [0, 0.05) is 15.9 Å². The highest BCUT2D eigenvalue weighted by Gasteiger charge is 2.49. The van der Waals surface area contributed by atoms with Gasteiger partial charge in [-0.2, -0.15) is 0 Å². The molecule has 1 saturated heterocycles. The average molecular weight is 602 g/mol. The maximum atomic E-state index is 13.9. The molecule has 0 aliphatic carbocycles. The van der Waals surface area contributed by atoms with E-state index in [1.807, 2.05) is 68.4 Å². The number of hydrogen-bond donors (Lipinski definition) is 5. The molecule has 3 unspecified atom stereocenters. The Morgan fingerprint density at radius 2 is 1.79 bits per heavy atom. The van der Waals surface area contributed by atoms with Crippen molar-refractivity contribution in [1.82, 2.24) is 25.5 Å². The molecule has 1 fully saturated rings. The van der Waals surface area contributed by atoms with Crippen LogP contribution in [0.15, 0.2) is 72.8 Å². The van der Waals surface area contributed by atoms with Crippen molar-refractivity contribution < 1.29 is 24.6 Å². The third kappa shape index (κ3) is 6.52. The van der Waals surface area contributed by atoms with Crippen LogP contribution < -0.4 is 10.6 Å². The van der Waals surface area contributed by atoms with Gasteiger partial charge in [0.15, 0.2) is 6.10 Å². The van der Waals surface area contributed by atoms with Gasteiger partial charge in [-0.05, 0) is 57.0 Å². The van der Waals surface area contributed by atoms with Crippen molar-refractivity contribution in [1.29, 1.82) is 0 Å². The van der Waals surface area contributed by atoms with Crippen LogP contribution >= 0.6 is 11.8 Å². The number of nitrogens with one attached hydrogen (secondary N) is 3. The highest BCUT2D eigenvalue weighted by atomic mass is 32.2. The van der Waals surface area contributed by atoms with Gasteiger partial charge in [-0.25, -0.2) is 4.98 Å². The first-order chi connectivity index (χ1) is 20.5. The Balaban J connectivity index is 1.35. The number of aromatic amines is 1. The van der Waals surface area contributed by atoms with Crippen molar-refractivity contribution in [3.05, 3.63) is 95.3 Å². The number of aromatic hydroxyl groups is 1. The van der Waals surface area contributed by atoms with E-state index in [0.717, 1.165) is 16.6 Å². The summed E-state index contributed by atoms with van der Waals surface area (Å²) in [5, 5.41) is 27.3. The number of para-hydroxylation sites is 2. The number of aliphatic hydroxyl groups excluding tert-OH is 1. The van der Waals surface area contributed by atoms with Crippen molar-refractivity contribution >= 4 is 40.5 Å². The van der Waals surface area contributed by atoms with Crippen molar-refractivity contribution in [2.45, 2.75) is 56.7 Å². The van der Waals surface area contributed by atoms with Crippen LogP contribution in [0.25, 0.3) is 11.0 Å². The fraction of sp³-hybridized carbons (Fsp3) is 0.312. The van der Waals surface area contributed by atoms with Crippen LogP contribution in [0, 0.1) is 6.92 Å². The molecule has 4 aromatic rings. The summed E-state index contributed by atoms with van der Waals surface area (Å²) >= 11 is 1.44. The van der Waals surface area contributed by atoms with Crippen molar-refractivity contribution in [3.63, 3.8) is 0 Å². The van der Waals surface area contributed by atoms with E-state index >= 15 is 0 Å². The fourth-order valence-electron chi connectivity index (χ4n) is 5.34. The number of imidazole rings is 1. The molecule has 5 rings (SSSR count). The summed E-state index contributed by atoms with van der Waals surface area (Å²) in [6, 6.07) is 19.5. The van der Waals surface area contributed by atoms with Gasteiger partial charge in [-0.1, -0.05) is 48.5 Å². The zero-order chi connectivity index (χ0) is 30.7. The Kier molecular flexibility index (Phi) is 8.74. The van der Waals surface area contributed by atoms with Gasteiger partial charge < -0.3 is 30.7 Å². The maximum Gasteiger partial charge on any atom is 0.254 e. The molecule has 43 heavy (non-hydrogen) atoms. The molecular formula is C32H35N5O5S. The number of amides is 3. The van der Waals surface area contributed by atoms with E-state index in [1.54, 1.807) is 19.1 Å². The number of hydrogen-bond acceptors (Lipinski definition) is 7. The minimum atomic E-state index is -1.64. The van der Waals surface area contributed by atoms with E-state index in [2.05, 4.69) is 20.6 Å². The number of thioether (sulfide) groups is 1. The van der Waals surface area contributed by atoms with E-state index in [1.165, 1.54) is 22.7 Å². The zero-order valence-corrected chi connectivity index (χ0v) is 25.0. The van der Waals surface area contributed by atoms with Gasteiger partial charge in [0.05, 0.1) is 29.5 Å². The highest BCUT2D eigenvalue weighted by molar-refractivity contribution is 8.00.